The molecule has 9 heteroatoms. The highest BCUT2D eigenvalue weighted by molar-refractivity contribution is 7.99. The van der Waals surface area contributed by atoms with Gasteiger partial charge in [-0.15, -0.1) is 10.2 Å². The predicted octanol–water partition coefficient (Wildman–Crippen LogP) is 4.22. The molecule has 1 aliphatic carbocycles. The van der Waals surface area contributed by atoms with Crippen LogP contribution in [0.15, 0.2) is 14.5 Å². The summed E-state index contributed by atoms with van der Waals surface area (Å²) in [6, 6.07) is 0. The number of hydrogen-bond acceptors (Lipinski definition) is 5. The highest BCUT2D eigenvalue weighted by Gasteiger charge is 2.25. The molecular weight excluding hydrogens is 322 g/mol. The Bertz CT molecular complexity index is 662. The molecule has 3 rings (SSSR count). The maximum Gasteiger partial charge on any atom is 0.281 e. The van der Waals surface area contributed by atoms with Gasteiger partial charge in [-0.1, -0.05) is 19.3 Å². The van der Waals surface area contributed by atoms with Crippen molar-refractivity contribution in [3.05, 3.63) is 29.4 Å². The zero-order valence-electron chi connectivity index (χ0n) is 11.3. The van der Waals surface area contributed by atoms with Gasteiger partial charge in [0.1, 0.15) is 0 Å². The molecule has 0 aromatic carbocycles. The van der Waals surface area contributed by atoms with E-state index in [2.05, 4.69) is 15.2 Å². The Morgan fingerprint density at radius 2 is 1.55 bits per heavy atom. The third-order valence-electron chi connectivity index (χ3n) is 3.52. The first kappa shape index (κ1) is 15.3. The average molecular weight is 333 g/mol. The Morgan fingerprint density at radius 3 is 2.18 bits per heavy atom. The average Bonchev–Trinajstić information content (AvgIpc) is 2.99. The molecule has 0 atom stereocenters. The summed E-state index contributed by atoms with van der Waals surface area (Å²) in [6.45, 7) is 0. The van der Waals surface area contributed by atoms with Crippen LogP contribution in [0.1, 0.15) is 43.9 Å². The molecule has 2 heterocycles. The van der Waals surface area contributed by atoms with E-state index in [1.54, 1.807) is 0 Å². The second-order valence-electron chi connectivity index (χ2n) is 4.99. The molecule has 0 unspecified atom stereocenters. The number of aromatic nitrogens is 3. The van der Waals surface area contributed by atoms with E-state index >= 15 is 0 Å². The number of pyridine rings is 1. The van der Waals surface area contributed by atoms with Gasteiger partial charge in [0.15, 0.2) is 11.6 Å². The van der Waals surface area contributed by atoms with Crippen LogP contribution in [0.25, 0.3) is 0 Å². The Labute approximate surface area is 127 Å². The normalized spacial score (nSPS) is 16.2. The lowest BCUT2D eigenvalue weighted by Gasteiger charge is -2.17. The van der Waals surface area contributed by atoms with Crippen LogP contribution in [-0.4, -0.2) is 15.2 Å². The number of hydrogen-bond donors (Lipinski definition) is 0. The van der Waals surface area contributed by atoms with Gasteiger partial charge in [0, 0.05) is 5.92 Å². The van der Waals surface area contributed by atoms with Crippen molar-refractivity contribution in [3.63, 3.8) is 0 Å². The van der Waals surface area contributed by atoms with Gasteiger partial charge in [0.05, 0.1) is 4.90 Å². The fraction of sp³-hybridized carbons (Fsp3) is 0.462. The summed E-state index contributed by atoms with van der Waals surface area (Å²) in [5.41, 5.74) is 0. The summed E-state index contributed by atoms with van der Waals surface area (Å²) in [5, 5.41) is 7.37. The van der Waals surface area contributed by atoms with Crippen LogP contribution in [0.2, 0.25) is 0 Å². The fourth-order valence-corrected chi connectivity index (χ4v) is 3.15. The van der Waals surface area contributed by atoms with E-state index in [9.17, 15) is 17.6 Å². The fourth-order valence-electron chi connectivity index (χ4n) is 2.42. The molecule has 0 radical (unpaired) electrons. The molecule has 2 aromatic heterocycles. The Morgan fingerprint density at radius 1 is 0.909 bits per heavy atom. The molecule has 4 nitrogen and oxygen atoms in total. The molecule has 0 saturated heterocycles. The standard InChI is InChI=1S/C13H11F4N3OS/c14-7-9(8(15)11(17)18-10(7)16)22-13-20-19-12(21-13)6-4-2-1-3-5-6/h6H,1-5H2. The molecule has 0 N–H and O–H groups in total. The molecule has 1 saturated carbocycles. The van der Waals surface area contributed by atoms with E-state index in [1.165, 1.54) is 0 Å². The van der Waals surface area contributed by atoms with Crippen LogP contribution in [0.3, 0.4) is 0 Å². The number of rotatable bonds is 3. The topological polar surface area (TPSA) is 51.8 Å². The Kier molecular flexibility index (Phi) is 4.32. The second kappa shape index (κ2) is 6.23. The van der Waals surface area contributed by atoms with Crippen LogP contribution in [0, 0.1) is 23.5 Å². The largest absolute Gasteiger partial charge is 0.415 e. The lowest BCUT2D eigenvalue weighted by atomic mass is 9.89. The molecule has 1 fully saturated rings. The minimum atomic E-state index is -1.71. The van der Waals surface area contributed by atoms with Crippen molar-refractivity contribution in [2.45, 2.75) is 48.1 Å². The number of nitrogens with zero attached hydrogens (tertiary/aromatic N) is 3. The molecule has 0 bridgehead atoms. The zero-order valence-corrected chi connectivity index (χ0v) is 12.1. The lowest BCUT2D eigenvalue weighted by molar-refractivity contribution is 0.333. The van der Waals surface area contributed by atoms with E-state index in [-0.39, 0.29) is 11.1 Å². The molecule has 22 heavy (non-hydrogen) atoms. The van der Waals surface area contributed by atoms with Gasteiger partial charge in [0.25, 0.3) is 17.1 Å². The van der Waals surface area contributed by atoms with Gasteiger partial charge >= 0.3 is 0 Å². The minimum Gasteiger partial charge on any atom is -0.415 e. The summed E-state index contributed by atoms with van der Waals surface area (Å²) >= 11 is 0.344. The molecule has 118 valence electrons. The molecule has 0 spiro atoms. The van der Waals surface area contributed by atoms with Gasteiger partial charge in [-0.25, -0.2) is 8.78 Å². The van der Waals surface area contributed by atoms with Crippen LogP contribution >= 0.6 is 11.8 Å². The number of halogens is 4. The summed E-state index contributed by atoms with van der Waals surface area (Å²) in [7, 11) is 0. The van der Waals surface area contributed by atoms with Gasteiger partial charge in [0.2, 0.25) is 5.89 Å². The highest BCUT2D eigenvalue weighted by Crippen LogP contribution is 2.36. The van der Waals surface area contributed by atoms with Gasteiger partial charge in [-0.3, -0.25) is 0 Å². The van der Waals surface area contributed by atoms with E-state index in [0.29, 0.717) is 17.7 Å². The highest BCUT2D eigenvalue weighted by atomic mass is 32.2. The van der Waals surface area contributed by atoms with Crippen molar-refractivity contribution in [1.82, 2.24) is 15.2 Å². The molecule has 0 aliphatic heterocycles. The summed E-state index contributed by atoms with van der Waals surface area (Å²) in [5.74, 6) is -6.08. The van der Waals surface area contributed by atoms with Crippen molar-refractivity contribution < 1.29 is 22.0 Å². The maximum absolute atomic E-state index is 13.5. The van der Waals surface area contributed by atoms with Crippen molar-refractivity contribution in [2.75, 3.05) is 0 Å². The monoisotopic (exact) mass is 333 g/mol. The van der Waals surface area contributed by atoms with Crippen molar-refractivity contribution in [2.24, 2.45) is 0 Å². The first-order valence-corrected chi connectivity index (χ1v) is 7.59. The van der Waals surface area contributed by atoms with Gasteiger partial charge in [-0.05, 0) is 24.6 Å². The SMILES string of the molecule is Fc1nc(F)c(F)c(Sc2nnc(C3CCCCC3)o2)c1F. The smallest absolute Gasteiger partial charge is 0.281 e. The van der Waals surface area contributed by atoms with Crippen LogP contribution < -0.4 is 0 Å². The van der Waals surface area contributed by atoms with E-state index in [0.717, 1.165) is 32.1 Å². The molecule has 2 aromatic rings. The van der Waals surface area contributed by atoms with Crippen molar-refractivity contribution in [1.29, 1.82) is 0 Å². The van der Waals surface area contributed by atoms with E-state index in [1.807, 2.05) is 0 Å². The summed E-state index contributed by atoms with van der Waals surface area (Å²) < 4.78 is 58.5. The maximum atomic E-state index is 13.5. The van der Waals surface area contributed by atoms with Gasteiger partial charge in [-0.2, -0.15) is 13.8 Å². The van der Waals surface area contributed by atoms with Crippen LogP contribution in [0.4, 0.5) is 17.6 Å². The minimum absolute atomic E-state index is 0.121. The lowest BCUT2D eigenvalue weighted by Crippen LogP contribution is -2.04. The summed E-state index contributed by atoms with van der Waals surface area (Å²) in [4.78, 5) is 1.60. The van der Waals surface area contributed by atoms with E-state index < -0.39 is 28.4 Å². The molecule has 0 amide bonds. The third-order valence-corrected chi connectivity index (χ3v) is 4.43. The molecule has 1 aliphatic rings. The Balaban J connectivity index is 1.84. The quantitative estimate of drug-likeness (QED) is 0.622. The van der Waals surface area contributed by atoms with Crippen molar-refractivity contribution >= 4 is 11.8 Å². The second-order valence-corrected chi connectivity index (χ2v) is 5.96. The predicted molar refractivity (Wildman–Crippen MR) is 68.3 cm³/mol. The zero-order chi connectivity index (χ0) is 15.7. The van der Waals surface area contributed by atoms with Crippen LogP contribution in [0.5, 0.6) is 0 Å². The first-order valence-electron chi connectivity index (χ1n) is 6.77. The van der Waals surface area contributed by atoms with E-state index in [4.69, 9.17) is 4.42 Å². The third kappa shape index (κ3) is 2.94. The summed E-state index contributed by atoms with van der Waals surface area (Å²) in [6.07, 6.45) is 5.08. The van der Waals surface area contributed by atoms with Crippen molar-refractivity contribution in [3.8, 4) is 0 Å². The Hall–Kier alpha value is -1.64. The first-order chi connectivity index (χ1) is 10.6. The van der Waals surface area contributed by atoms with Gasteiger partial charge < -0.3 is 4.42 Å². The molecular formula is C13H11F4N3OS. The van der Waals surface area contributed by atoms with Crippen LogP contribution in [-0.2, 0) is 0 Å².